The summed E-state index contributed by atoms with van der Waals surface area (Å²) in [5.74, 6) is -0.545. The largest absolute Gasteiger partial charge is 0.450 e. The van der Waals surface area contributed by atoms with Crippen LogP contribution < -0.4 is 0 Å². The third kappa shape index (κ3) is 2.73. The Bertz CT molecular complexity index is 569. The Morgan fingerprint density at radius 3 is 2.22 bits per heavy atom. The Labute approximate surface area is 135 Å². The maximum absolute atomic E-state index is 12.9. The molecule has 1 spiro atoms. The summed E-state index contributed by atoms with van der Waals surface area (Å²) in [5, 5.41) is 0. The Hall–Kier alpha value is -1.89. The van der Waals surface area contributed by atoms with Gasteiger partial charge in [0.15, 0.2) is 0 Å². The van der Waals surface area contributed by atoms with Gasteiger partial charge in [-0.2, -0.15) is 0 Å². The number of hydrogen-bond donors (Lipinski definition) is 0. The molecule has 0 bridgehead atoms. The maximum atomic E-state index is 12.9. The normalized spacial score (nSPS) is 24.2. The topological polar surface area (TPSA) is 76.2 Å². The predicted molar refractivity (Wildman–Crippen MR) is 80.4 cm³/mol. The van der Waals surface area contributed by atoms with Gasteiger partial charge in [0.05, 0.1) is 18.8 Å². The maximum Gasteiger partial charge on any atom is 0.335 e. The summed E-state index contributed by atoms with van der Waals surface area (Å²) in [6.45, 7) is 6.25. The van der Waals surface area contributed by atoms with Gasteiger partial charge in [0, 0.05) is 51.5 Å². The highest BCUT2D eigenvalue weighted by atomic mass is 16.6. The number of hydrogen-bond acceptors (Lipinski definition) is 5. The predicted octanol–water partition coefficient (Wildman–Crippen LogP) is 0.0996. The summed E-state index contributed by atoms with van der Waals surface area (Å²) in [4.78, 5) is 40.0. The average molecular weight is 322 g/mol. The van der Waals surface area contributed by atoms with Crippen molar-refractivity contribution in [1.29, 1.82) is 0 Å². The van der Waals surface area contributed by atoms with Crippen LogP contribution in [0.1, 0.15) is 26.7 Å². The van der Waals surface area contributed by atoms with Crippen LogP contribution in [0.15, 0.2) is 11.1 Å². The van der Waals surface area contributed by atoms with Gasteiger partial charge in [0.25, 0.3) is 5.91 Å². The highest BCUT2D eigenvalue weighted by molar-refractivity contribution is 6.07. The van der Waals surface area contributed by atoms with Crippen LogP contribution in [0, 0.1) is 0 Å². The molecule has 2 fully saturated rings. The van der Waals surface area contributed by atoms with Crippen LogP contribution in [0.4, 0.5) is 0 Å². The highest BCUT2D eigenvalue weighted by Crippen LogP contribution is 2.41. The third-order valence-corrected chi connectivity index (χ3v) is 4.95. The molecule has 23 heavy (non-hydrogen) atoms. The zero-order valence-corrected chi connectivity index (χ0v) is 13.6. The Morgan fingerprint density at radius 2 is 1.65 bits per heavy atom. The molecule has 0 saturated carbocycles. The summed E-state index contributed by atoms with van der Waals surface area (Å²) in [6, 6.07) is 0. The van der Waals surface area contributed by atoms with Crippen molar-refractivity contribution in [3.63, 3.8) is 0 Å². The lowest BCUT2D eigenvalue weighted by atomic mass is 9.82. The second-order valence-electron chi connectivity index (χ2n) is 6.29. The Balaban J connectivity index is 1.85. The first-order valence-electron chi connectivity index (χ1n) is 8.02. The van der Waals surface area contributed by atoms with Crippen LogP contribution in [-0.2, 0) is 23.9 Å². The number of likely N-dealkylation sites (tertiary alicyclic amines) is 1. The Kier molecular flexibility index (Phi) is 4.14. The molecule has 0 aromatic carbocycles. The lowest BCUT2D eigenvalue weighted by Gasteiger charge is -2.40. The number of ether oxygens (including phenoxy) is 2. The van der Waals surface area contributed by atoms with Gasteiger partial charge in [-0.1, -0.05) is 0 Å². The monoisotopic (exact) mass is 322 g/mol. The standard InChI is InChI=1S/C16H22N2O5/c1-11-13(14(20)18-7-9-22-10-8-18)16(23-15(11)21)3-5-17(6-4-16)12(2)19/h3-10H2,1-2H3. The number of rotatable bonds is 1. The van der Waals surface area contributed by atoms with Crippen molar-refractivity contribution in [2.45, 2.75) is 32.3 Å². The fourth-order valence-electron chi connectivity index (χ4n) is 3.56. The van der Waals surface area contributed by atoms with Gasteiger partial charge in [-0.3, -0.25) is 9.59 Å². The fourth-order valence-corrected chi connectivity index (χ4v) is 3.56. The molecule has 2 saturated heterocycles. The van der Waals surface area contributed by atoms with Crippen molar-refractivity contribution < 1.29 is 23.9 Å². The number of carbonyl (C=O) groups is 3. The molecule has 0 N–H and O–H groups in total. The van der Waals surface area contributed by atoms with E-state index in [1.165, 1.54) is 6.92 Å². The SMILES string of the molecule is CC(=O)N1CCC2(CC1)OC(=O)C(C)=C2C(=O)N1CCOCC1. The lowest BCUT2D eigenvalue weighted by Crippen LogP contribution is -2.51. The number of amides is 2. The van der Waals surface area contributed by atoms with Gasteiger partial charge in [-0.05, 0) is 6.92 Å². The zero-order valence-electron chi connectivity index (χ0n) is 13.6. The van der Waals surface area contributed by atoms with E-state index in [4.69, 9.17) is 9.47 Å². The number of esters is 1. The van der Waals surface area contributed by atoms with Crippen LogP contribution >= 0.6 is 0 Å². The van der Waals surface area contributed by atoms with E-state index in [0.29, 0.717) is 63.4 Å². The molecule has 0 aliphatic carbocycles. The van der Waals surface area contributed by atoms with Crippen LogP contribution in [-0.4, -0.2) is 72.6 Å². The molecule has 7 nitrogen and oxygen atoms in total. The van der Waals surface area contributed by atoms with E-state index >= 15 is 0 Å². The van der Waals surface area contributed by atoms with E-state index in [1.807, 2.05) is 0 Å². The van der Waals surface area contributed by atoms with E-state index in [2.05, 4.69) is 0 Å². The van der Waals surface area contributed by atoms with Gasteiger partial charge in [0.1, 0.15) is 5.60 Å². The van der Waals surface area contributed by atoms with Crippen molar-refractivity contribution in [2.24, 2.45) is 0 Å². The molecule has 0 aromatic rings. The van der Waals surface area contributed by atoms with E-state index in [1.54, 1.807) is 16.7 Å². The molecular weight excluding hydrogens is 300 g/mol. The minimum atomic E-state index is -0.873. The minimum Gasteiger partial charge on any atom is -0.450 e. The van der Waals surface area contributed by atoms with Gasteiger partial charge in [-0.25, -0.2) is 4.79 Å². The fraction of sp³-hybridized carbons (Fsp3) is 0.688. The number of nitrogens with zero attached hydrogens (tertiary/aromatic N) is 2. The summed E-state index contributed by atoms with van der Waals surface area (Å²) in [6.07, 6.45) is 0.947. The first kappa shape index (κ1) is 16.0. The molecule has 0 atom stereocenters. The molecule has 2 amide bonds. The molecule has 3 aliphatic heterocycles. The van der Waals surface area contributed by atoms with Crippen LogP contribution in [0.5, 0.6) is 0 Å². The third-order valence-electron chi connectivity index (χ3n) is 4.95. The first-order chi connectivity index (χ1) is 10.9. The highest BCUT2D eigenvalue weighted by Gasteiger charge is 2.51. The van der Waals surface area contributed by atoms with E-state index in [0.717, 1.165) is 0 Å². The first-order valence-corrected chi connectivity index (χ1v) is 8.02. The van der Waals surface area contributed by atoms with Crippen molar-refractivity contribution >= 4 is 17.8 Å². The summed E-state index contributed by atoms with van der Waals surface area (Å²) < 4.78 is 10.9. The summed E-state index contributed by atoms with van der Waals surface area (Å²) in [5.41, 5.74) is 0.00746. The van der Waals surface area contributed by atoms with Gasteiger partial charge < -0.3 is 19.3 Å². The van der Waals surface area contributed by atoms with E-state index in [9.17, 15) is 14.4 Å². The minimum absolute atomic E-state index is 0.00549. The van der Waals surface area contributed by atoms with Gasteiger partial charge in [-0.15, -0.1) is 0 Å². The van der Waals surface area contributed by atoms with Gasteiger partial charge in [0.2, 0.25) is 5.91 Å². The number of morpholine rings is 1. The molecule has 3 heterocycles. The van der Waals surface area contributed by atoms with Crippen LogP contribution in [0.2, 0.25) is 0 Å². The van der Waals surface area contributed by atoms with Crippen molar-refractivity contribution in [3.05, 3.63) is 11.1 Å². The van der Waals surface area contributed by atoms with E-state index < -0.39 is 11.6 Å². The smallest absolute Gasteiger partial charge is 0.335 e. The molecule has 7 heteroatoms. The zero-order chi connectivity index (χ0) is 16.6. The molecule has 0 unspecified atom stereocenters. The quantitative estimate of drug-likeness (QED) is 0.640. The lowest BCUT2D eigenvalue weighted by molar-refractivity contribution is -0.153. The molecule has 3 rings (SSSR count). The van der Waals surface area contributed by atoms with Crippen molar-refractivity contribution in [2.75, 3.05) is 39.4 Å². The second-order valence-corrected chi connectivity index (χ2v) is 6.29. The van der Waals surface area contributed by atoms with Crippen molar-refractivity contribution in [3.8, 4) is 0 Å². The summed E-state index contributed by atoms with van der Waals surface area (Å²) >= 11 is 0. The molecule has 126 valence electrons. The summed E-state index contributed by atoms with van der Waals surface area (Å²) in [7, 11) is 0. The molecular formula is C16H22N2O5. The van der Waals surface area contributed by atoms with Crippen LogP contribution in [0.25, 0.3) is 0 Å². The van der Waals surface area contributed by atoms with Crippen LogP contribution in [0.3, 0.4) is 0 Å². The average Bonchev–Trinajstić information content (AvgIpc) is 2.78. The van der Waals surface area contributed by atoms with Gasteiger partial charge >= 0.3 is 5.97 Å². The van der Waals surface area contributed by atoms with E-state index in [-0.39, 0.29) is 11.8 Å². The number of piperidine rings is 1. The molecule has 0 aromatic heterocycles. The van der Waals surface area contributed by atoms with Crippen molar-refractivity contribution in [1.82, 2.24) is 9.80 Å². The Morgan fingerprint density at radius 1 is 1.04 bits per heavy atom. The second kappa shape index (κ2) is 5.96. The molecule has 0 radical (unpaired) electrons. The number of carbonyl (C=O) groups excluding carboxylic acids is 3. The molecule has 3 aliphatic rings.